The maximum absolute atomic E-state index is 5.38. The Kier molecular flexibility index (Phi) is 3.17. The number of fused-ring (bicyclic) bond motifs is 1. The molecule has 3 rings (SSSR count). The molecule has 0 aliphatic rings. The third-order valence-electron chi connectivity index (χ3n) is 3.21. The van der Waals surface area contributed by atoms with E-state index in [-0.39, 0.29) is 0 Å². The van der Waals surface area contributed by atoms with E-state index in [1.54, 1.807) is 0 Å². The average molecular weight is 269 g/mol. The lowest BCUT2D eigenvalue weighted by atomic mass is 10.1. The second kappa shape index (κ2) is 4.97. The predicted octanol–water partition coefficient (Wildman–Crippen LogP) is 3.65. The lowest BCUT2D eigenvalue weighted by Crippen LogP contribution is -2.02. The number of aromatic nitrogens is 3. The molecule has 0 fully saturated rings. The summed E-state index contributed by atoms with van der Waals surface area (Å²) in [5, 5.41) is 0. The molecule has 2 heterocycles. The van der Waals surface area contributed by atoms with Crippen LogP contribution < -0.4 is 0 Å². The highest BCUT2D eigenvalue weighted by atomic mass is 32.1. The van der Waals surface area contributed by atoms with Gasteiger partial charge in [0.15, 0.2) is 10.4 Å². The molecule has 0 radical (unpaired) electrons. The first kappa shape index (κ1) is 12.1. The first-order valence-corrected chi connectivity index (χ1v) is 6.74. The number of imidazole rings is 1. The molecule has 4 heteroatoms. The van der Waals surface area contributed by atoms with E-state index < -0.39 is 0 Å². The van der Waals surface area contributed by atoms with Crippen molar-refractivity contribution in [2.75, 3.05) is 0 Å². The second-order valence-electron chi connectivity index (χ2n) is 4.70. The van der Waals surface area contributed by atoms with Crippen LogP contribution in [0.4, 0.5) is 0 Å². The van der Waals surface area contributed by atoms with Crippen LogP contribution in [-0.4, -0.2) is 14.5 Å². The van der Waals surface area contributed by atoms with Gasteiger partial charge in [-0.05, 0) is 42.8 Å². The second-order valence-corrected chi connectivity index (χ2v) is 5.09. The van der Waals surface area contributed by atoms with Gasteiger partial charge >= 0.3 is 0 Å². The highest BCUT2D eigenvalue weighted by molar-refractivity contribution is 7.71. The molecular formula is C15H15N3S. The summed E-state index contributed by atoms with van der Waals surface area (Å²) < 4.78 is 2.81. The fourth-order valence-corrected chi connectivity index (χ4v) is 2.53. The molecule has 96 valence electrons. The average Bonchev–Trinajstić information content (AvgIpc) is 2.72. The van der Waals surface area contributed by atoms with Gasteiger partial charge in [-0.1, -0.05) is 30.3 Å². The number of nitrogens with zero attached hydrogens (tertiary/aromatic N) is 2. The van der Waals surface area contributed by atoms with Gasteiger partial charge in [0.1, 0.15) is 0 Å². The van der Waals surface area contributed by atoms with E-state index in [4.69, 9.17) is 12.2 Å². The lowest BCUT2D eigenvalue weighted by molar-refractivity contribution is 0.700. The first-order valence-electron chi connectivity index (χ1n) is 6.33. The molecular weight excluding hydrogens is 254 g/mol. The van der Waals surface area contributed by atoms with Crippen molar-refractivity contribution in [3.8, 4) is 0 Å². The van der Waals surface area contributed by atoms with Gasteiger partial charge in [-0.15, -0.1) is 0 Å². The highest BCUT2D eigenvalue weighted by Crippen LogP contribution is 2.14. The number of hydrogen-bond acceptors (Lipinski definition) is 2. The van der Waals surface area contributed by atoms with Crippen LogP contribution in [0.5, 0.6) is 0 Å². The molecule has 1 N–H and O–H groups in total. The van der Waals surface area contributed by atoms with Crippen molar-refractivity contribution in [2.24, 2.45) is 0 Å². The molecule has 0 amide bonds. The number of hydrogen-bond donors (Lipinski definition) is 1. The molecule has 0 saturated heterocycles. The Morgan fingerprint density at radius 2 is 2.05 bits per heavy atom. The fraction of sp³-hybridized carbons (Fsp3) is 0.200. The Labute approximate surface area is 116 Å². The monoisotopic (exact) mass is 269 g/mol. The van der Waals surface area contributed by atoms with Gasteiger partial charge in [0.2, 0.25) is 0 Å². The van der Waals surface area contributed by atoms with Gasteiger partial charge in [0.05, 0.1) is 5.52 Å². The number of pyridine rings is 1. The highest BCUT2D eigenvalue weighted by Gasteiger charge is 2.05. The summed E-state index contributed by atoms with van der Waals surface area (Å²) in [5.41, 5.74) is 4.40. The minimum Gasteiger partial charge on any atom is -0.329 e. The van der Waals surface area contributed by atoms with Crippen LogP contribution >= 0.6 is 12.2 Å². The Bertz CT molecular complexity index is 756. The van der Waals surface area contributed by atoms with E-state index in [0.29, 0.717) is 0 Å². The summed E-state index contributed by atoms with van der Waals surface area (Å²) >= 11 is 5.38. The molecule has 0 spiro atoms. The molecule has 19 heavy (non-hydrogen) atoms. The van der Waals surface area contributed by atoms with E-state index in [1.165, 1.54) is 5.56 Å². The molecule has 0 aliphatic carbocycles. The van der Waals surface area contributed by atoms with Crippen LogP contribution in [0.3, 0.4) is 0 Å². The van der Waals surface area contributed by atoms with Gasteiger partial charge in [-0.2, -0.15) is 0 Å². The van der Waals surface area contributed by atoms with E-state index >= 15 is 0 Å². The van der Waals surface area contributed by atoms with Crippen LogP contribution in [0, 0.1) is 11.7 Å². The maximum Gasteiger partial charge on any atom is 0.179 e. The smallest absolute Gasteiger partial charge is 0.179 e. The van der Waals surface area contributed by atoms with Gasteiger partial charge in [0, 0.05) is 12.7 Å². The van der Waals surface area contributed by atoms with Crippen LogP contribution in [0.1, 0.15) is 11.1 Å². The third kappa shape index (κ3) is 2.44. The summed E-state index contributed by atoms with van der Waals surface area (Å²) in [6.07, 6.45) is 2.83. The lowest BCUT2D eigenvalue weighted by Gasteiger charge is -2.04. The fourth-order valence-electron chi connectivity index (χ4n) is 2.24. The molecule has 0 aliphatic heterocycles. The van der Waals surface area contributed by atoms with Crippen molar-refractivity contribution in [1.82, 2.24) is 14.5 Å². The SMILES string of the molecule is Cc1cnc2c(c1)[nH]c(=S)n2CCc1ccccc1. The Morgan fingerprint density at radius 3 is 2.84 bits per heavy atom. The molecule has 3 nitrogen and oxygen atoms in total. The topological polar surface area (TPSA) is 33.6 Å². The molecule has 3 aromatic rings. The predicted molar refractivity (Wildman–Crippen MR) is 79.8 cm³/mol. The summed E-state index contributed by atoms with van der Waals surface area (Å²) in [7, 11) is 0. The Morgan fingerprint density at radius 1 is 1.26 bits per heavy atom. The van der Waals surface area contributed by atoms with Crippen molar-refractivity contribution in [1.29, 1.82) is 0 Å². The number of rotatable bonds is 3. The summed E-state index contributed by atoms with van der Waals surface area (Å²) in [5.74, 6) is 0. The van der Waals surface area contributed by atoms with Crippen molar-refractivity contribution < 1.29 is 0 Å². The van der Waals surface area contributed by atoms with Gasteiger partial charge in [0.25, 0.3) is 0 Å². The zero-order valence-electron chi connectivity index (χ0n) is 10.8. The van der Waals surface area contributed by atoms with Crippen LogP contribution in [0.2, 0.25) is 0 Å². The largest absolute Gasteiger partial charge is 0.329 e. The van der Waals surface area contributed by atoms with E-state index in [0.717, 1.165) is 34.5 Å². The number of benzene rings is 1. The van der Waals surface area contributed by atoms with Crippen LogP contribution in [0.15, 0.2) is 42.6 Å². The molecule has 0 saturated carbocycles. The van der Waals surface area contributed by atoms with E-state index in [9.17, 15) is 0 Å². The summed E-state index contributed by atoms with van der Waals surface area (Å²) in [6.45, 7) is 2.88. The molecule has 2 aromatic heterocycles. The zero-order chi connectivity index (χ0) is 13.2. The third-order valence-corrected chi connectivity index (χ3v) is 3.54. The molecule has 1 aromatic carbocycles. The molecule has 0 bridgehead atoms. The van der Waals surface area contributed by atoms with Gasteiger partial charge in [-0.3, -0.25) is 0 Å². The number of H-pyrrole nitrogens is 1. The number of aromatic amines is 1. The Balaban J connectivity index is 1.93. The minimum atomic E-state index is 0.740. The molecule has 0 atom stereocenters. The van der Waals surface area contributed by atoms with E-state index in [2.05, 4.69) is 44.9 Å². The van der Waals surface area contributed by atoms with Crippen molar-refractivity contribution in [2.45, 2.75) is 19.9 Å². The van der Waals surface area contributed by atoms with E-state index in [1.807, 2.05) is 19.2 Å². The molecule has 0 unspecified atom stereocenters. The quantitative estimate of drug-likeness (QED) is 0.736. The number of nitrogens with one attached hydrogen (secondary N) is 1. The Hall–Kier alpha value is -1.94. The van der Waals surface area contributed by atoms with Crippen molar-refractivity contribution in [3.05, 3.63) is 58.5 Å². The normalized spacial score (nSPS) is 11.0. The van der Waals surface area contributed by atoms with Crippen molar-refractivity contribution >= 4 is 23.4 Å². The van der Waals surface area contributed by atoms with Gasteiger partial charge in [-0.25, -0.2) is 4.98 Å². The maximum atomic E-state index is 5.38. The van der Waals surface area contributed by atoms with Crippen LogP contribution in [-0.2, 0) is 13.0 Å². The zero-order valence-corrected chi connectivity index (χ0v) is 11.6. The number of aryl methyl sites for hydroxylation is 3. The summed E-state index contributed by atoms with van der Waals surface area (Å²) in [4.78, 5) is 7.70. The minimum absolute atomic E-state index is 0.740. The first-order chi connectivity index (χ1) is 9.24. The van der Waals surface area contributed by atoms with Crippen LogP contribution in [0.25, 0.3) is 11.2 Å². The van der Waals surface area contributed by atoms with Crippen molar-refractivity contribution in [3.63, 3.8) is 0 Å². The van der Waals surface area contributed by atoms with Gasteiger partial charge < -0.3 is 9.55 Å². The standard InChI is InChI=1S/C15H15N3S/c1-11-9-13-14(16-10-11)18(15(19)17-13)8-7-12-5-3-2-4-6-12/h2-6,9-10H,7-8H2,1H3,(H,17,19). The summed E-state index contributed by atoms with van der Waals surface area (Å²) in [6, 6.07) is 12.5.